The summed E-state index contributed by atoms with van der Waals surface area (Å²) in [7, 11) is 0. The van der Waals surface area contributed by atoms with Gasteiger partial charge in [-0.1, -0.05) is 37.6 Å². The summed E-state index contributed by atoms with van der Waals surface area (Å²) in [5.41, 5.74) is 5.74. The largest absolute Gasteiger partial charge is 0.493 e. The van der Waals surface area contributed by atoms with Crippen LogP contribution in [0.15, 0.2) is 42.5 Å². The molecule has 6 rings (SSSR count). The van der Waals surface area contributed by atoms with E-state index in [-0.39, 0.29) is 31.2 Å². The summed E-state index contributed by atoms with van der Waals surface area (Å²) in [6.45, 7) is 5.07. The molecule has 1 saturated heterocycles. The summed E-state index contributed by atoms with van der Waals surface area (Å²) in [5.74, 6) is -1.74. The van der Waals surface area contributed by atoms with Crippen LogP contribution in [0, 0.1) is 11.7 Å². The van der Waals surface area contributed by atoms with Crippen LogP contribution in [0.4, 0.5) is 4.39 Å². The Morgan fingerprint density at radius 1 is 1.00 bits per heavy atom. The number of benzene rings is 3. The van der Waals surface area contributed by atoms with Crippen molar-refractivity contribution in [1.29, 1.82) is 0 Å². The van der Waals surface area contributed by atoms with Crippen LogP contribution < -0.4 is 14.2 Å². The molecule has 0 aromatic heterocycles. The second kappa shape index (κ2) is 12.8. The predicted octanol–water partition coefficient (Wildman–Crippen LogP) is 6.70. The van der Waals surface area contributed by atoms with E-state index in [4.69, 9.17) is 25.8 Å². The number of rotatable bonds is 11. The normalized spacial score (nSPS) is 20.5. The third-order valence-corrected chi connectivity index (χ3v) is 9.47. The number of fused-ring (bicyclic) bond motifs is 2. The second-order valence-corrected chi connectivity index (χ2v) is 12.3. The smallest absolute Gasteiger partial charge is 0.309 e. The quantitative estimate of drug-likeness (QED) is 0.255. The average molecular weight is 622 g/mol. The van der Waals surface area contributed by atoms with Gasteiger partial charge in [0.25, 0.3) is 0 Å². The highest BCUT2D eigenvalue weighted by molar-refractivity contribution is 6.30. The van der Waals surface area contributed by atoms with Crippen LogP contribution in [-0.2, 0) is 35.3 Å². The highest BCUT2D eigenvalue weighted by atomic mass is 35.5. The van der Waals surface area contributed by atoms with Crippen molar-refractivity contribution in [2.45, 2.75) is 64.3 Å². The SMILES string of the molecule is CCc1cc(Cl)cc(CC)c1CCCC(=O)CN1C[C@H](c2cc3c(cc2F)OCO3)[C@@H](C(=O)O)[C@@H]1c1ccc2c(c1)CCO2. The number of ether oxygens (including phenoxy) is 3. The molecule has 3 aliphatic heterocycles. The fourth-order valence-electron chi connectivity index (χ4n) is 7.19. The van der Waals surface area contributed by atoms with Gasteiger partial charge in [0.05, 0.1) is 19.1 Å². The minimum atomic E-state index is -1.04. The zero-order valence-corrected chi connectivity index (χ0v) is 25.8. The summed E-state index contributed by atoms with van der Waals surface area (Å²) in [4.78, 5) is 28.4. The summed E-state index contributed by atoms with van der Waals surface area (Å²) in [5, 5.41) is 11.3. The second-order valence-electron chi connectivity index (χ2n) is 11.8. The number of ketones is 1. The molecule has 0 spiro atoms. The molecule has 0 saturated carbocycles. The Labute approximate surface area is 261 Å². The van der Waals surface area contributed by atoms with Crippen molar-refractivity contribution in [3.8, 4) is 17.2 Å². The molecule has 0 aliphatic carbocycles. The van der Waals surface area contributed by atoms with E-state index < -0.39 is 29.7 Å². The van der Waals surface area contributed by atoms with Crippen LogP contribution >= 0.6 is 11.6 Å². The van der Waals surface area contributed by atoms with Crippen molar-refractivity contribution in [2.75, 3.05) is 26.5 Å². The third kappa shape index (κ3) is 5.89. The maximum absolute atomic E-state index is 15.5. The maximum atomic E-state index is 15.5. The van der Waals surface area contributed by atoms with E-state index in [2.05, 4.69) is 13.8 Å². The fraction of sp³-hybridized carbons (Fsp3) is 0.429. The Morgan fingerprint density at radius 2 is 1.73 bits per heavy atom. The van der Waals surface area contributed by atoms with Crippen LogP contribution in [0.5, 0.6) is 17.2 Å². The number of aryl methyl sites for hydroxylation is 2. The van der Waals surface area contributed by atoms with E-state index in [1.165, 1.54) is 22.8 Å². The summed E-state index contributed by atoms with van der Waals surface area (Å²) >= 11 is 6.34. The van der Waals surface area contributed by atoms with Gasteiger partial charge in [0.2, 0.25) is 6.79 Å². The van der Waals surface area contributed by atoms with Gasteiger partial charge in [-0.25, -0.2) is 4.39 Å². The molecule has 1 fully saturated rings. The number of likely N-dealkylation sites (tertiary alicyclic amines) is 1. The lowest BCUT2D eigenvalue weighted by molar-refractivity contribution is -0.143. The van der Waals surface area contributed by atoms with Gasteiger partial charge >= 0.3 is 5.97 Å². The van der Waals surface area contributed by atoms with Crippen molar-refractivity contribution in [3.63, 3.8) is 0 Å². The van der Waals surface area contributed by atoms with Crippen LogP contribution in [0.2, 0.25) is 5.02 Å². The fourth-order valence-corrected chi connectivity index (χ4v) is 7.45. The number of halogens is 2. The Hall–Kier alpha value is -3.62. The molecular weight excluding hydrogens is 585 g/mol. The molecule has 3 aromatic carbocycles. The van der Waals surface area contributed by atoms with E-state index in [1.54, 1.807) is 6.07 Å². The minimum absolute atomic E-state index is 0.0127. The first-order chi connectivity index (χ1) is 21.3. The molecule has 0 bridgehead atoms. The van der Waals surface area contributed by atoms with Gasteiger partial charge < -0.3 is 19.3 Å². The van der Waals surface area contributed by atoms with Crippen molar-refractivity contribution < 1.29 is 33.3 Å². The molecule has 7 nitrogen and oxygen atoms in total. The minimum Gasteiger partial charge on any atom is -0.493 e. The summed E-state index contributed by atoms with van der Waals surface area (Å²) < 4.78 is 32.0. The molecule has 3 heterocycles. The predicted molar refractivity (Wildman–Crippen MR) is 164 cm³/mol. The average Bonchev–Trinajstić information content (AvgIpc) is 3.74. The monoisotopic (exact) mass is 621 g/mol. The first-order valence-electron chi connectivity index (χ1n) is 15.4. The molecule has 3 aliphatic rings. The van der Waals surface area contributed by atoms with Gasteiger partial charge in [-0.3, -0.25) is 14.5 Å². The van der Waals surface area contributed by atoms with Crippen molar-refractivity contribution in [3.05, 3.63) is 86.7 Å². The van der Waals surface area contributed by atoms with Crippen LogP contribution in [-0.4, -0.2) is 48.2 Å². The zero-order chi connectivity index (χ0) is 31.0. The molecule has 0 amide bonds. The van der Waals surface area contributed by atoms with Crippen LogP contribution in [0.3, 0.4) is 0 Å². The first-order valence-corrected chi connectivity index (χ1v) is 15.8. The topological polar surface area (TPSA) is 85.3 Å². The number of hydrogen-bond donors (Lipinski definition) is 1. The molecule has 0 unspecified atom stereocenters. The number of carbonyl (C=O) groups is 2. The third-order valence-electron chi connectivity index (χ3n) is 9.25. The Bertz CT molecular complexity index is 1570. The highest BCUT2D eigenvalue weighted by Gasteiger charge is 2.49. The molecule has 232 valence electrons. The molecule has 9 heteroatoms. The van der Waals surface area contributed by atoms with Crippen LogP contribution in [0.1, 0.15) is 72.0 Å². The molecule has 3 aromatic rings. The Kier molecular flexibility index (Phi) is 8.83. The Balaban J connectivity index is 1.26. The van der Waals surface area contributed by atoms with E-state index in [1.807, 2.05) is 35.2 Å². The molecule has 44 heavy (non-hydrogen) atoms. The number of carboxylic acids is 1. The summed E-state index contributed by atoms with van der Waals surface area (Å²) in [6.07, 6.45) is 4.27. The molecule has 1 N–H and O–H groups in total. The molecule has 3 atom stereocenters. The molecular formula is C35H37ClFNO6. The van der Waals surface area contributed by atoms with E-state index in [9.17, 15) is 14.7 Å². The van der Waals surface area contributed by atoms with Gasteiger partial charge in [0, 0.05) is 42.4 Å². The highest BCUT2D eigenvalue weighted by Crippen LogP contribution is 2.49. The van der Waals surface area contributed by atoms with Gasteiger partial charge in [-0.15, -0.1) is 0 Å². The number of carbonyl (C=O) groups excluding carboxylic acids is 1. The number of nitrogens with zero attached hydrogens (tertiary/aromatic N) is 1. The standard InChI is InChI=1S/C35H37ClFNO6/c1-3-20-13-24(36)14-21(4-2)26(20)7-5-6-25(39)17-38-18-28(27-15-31-32(16-29(27)37)44-19-43-31)33(35(40)41)34(38)23-8-9-30-22(12-23)10-11-42-30/h8-9,12-16,28,33-34H,3-7,10-11,17-19H2,1-2H3,(H,40,41)/t28-,33-,34+/m1/s1. The van der Waals surface area contributed by atoms with Crippen molar-refractivity contribution in [2.24, 2.45) is 5.92 Å². The van der Waals surface area contributed by atoms with E-state index >= 15 is 4.39 Å². The van der Waals surface area contributed by atoms with Crippen molar-refractivity contribution >= 4 is 23.4 Å². The number of hydrogen-bond acceptors (Lipinski definition) is 6. The molecule has 0 radical (unpaired) electrons. The van der Waals surface area contributed by atoms with Gasteiger partial charge in [0.1, 0.15) is 17.3 Å². The lowest BCUT2D eigenvalue weighted by Crippen LogP contribution is -2.32. The lowest BCUT2D eigenvalue weighted by atomic mass is 9.82. The number of Topliss-reactive ketones (excluding diaryl/α,β-unsaturated/α-hetero) is 1. The lowest BCUT2D eigenvalue weighted by Gasteiger charge is -2.27. The summed E-state index contributed by atoms with van der Waals surface area (Å²) in [6, 6.07) is 11.9. The zero-order valence-electron chi connectivity index (χ0n) is 25.0. The van der Waals surface area contributed by atoms with Crippen molar-refractivity contribution in [1.82, 2.24) is 4.90 Å². The van der Waals surface area contributed by atoms with E-state index in [0.29, 0.717) is 30.9 Å². The van der Waals surface area contributed by atoms with E-state index in [0.717, 1.165) is 47.6 Å². The van der Waals surface area contributed by atoms with Gasteiger partial charge in [-0.2, -0.15) is 0 Å². The Morgan fingerprint density at radius 3 is 2.43 bits per heavy atom. The van der Waals surface area contributed by atoms with Crippen LogP contribution in [0.25, 0.3) is 0 Å². The van der Waals surface area contributed by atoms with Gasteiger partial charge in [-0.05, 0) is 83.3 Å². The number of aliphatic carboxylic acids is 1. The maximum Gasteiger partial charge on any atom is 0.309 e. The van der Waals surface area contributed by atoms with Gasteiger partial charge in [0.15, 0.2) is 11.5 Å². The number of carboxylic acid groups (broad SMARTS) is 1. The first kappa shape index (κ1) is 30.4.